The number of Topliss-reactive ketones (excluding diaryl/α,β-unsaturated/α-hetero) is 1. The molecule has 2 spiro atoms. The Hall–Kier alpha value is -2.00. The first-order valence-corrected chi connectivity index (χ1v) is 14.8. The van der Waals surface area contributed by atoms with E-state index in [0.29, 0.717) is 38.1 Å². The molecule has 1 heterocycles. The van der Waals surface area contributed by atoms with E-state index in [9.17, 15) is 19.2 Å². The minimum Gasteiger partial charge on any atom is -0.462 e. The number of primary amides is 1. The second-order valence-corrected chi connectivity index (χ2v) is 14.4. The molecule has 5 fully saturated rings. The number of esters is 2. The van der Waals surface area contributed by atoms with Gasteiger partial charge in [-0.25, -0.2) is 0 Å². The van der Waals surface area contributed by atoms with Crippen LogP contribution in [0, 0.1) is 45.3 Å². The third-order valence-electron chi connectivity index (χ3n) is 12.2. The number of rotatable bonds is 8. The summed E-state index contributed by atoms with van der Waals surface area (Å²) >= 11 is 0. The third-order valence-corrected chi connectivity index (χ3v) is 12.2. The molecular formula is C30H47N3O6. The quantitative estimate of drug-likeness (QED) is 0.443. The summed E-state index contributed by atoms with van der Waals surface area (Å²) in [4.78, 5) is 52.5. The molecule has 0 aromatic rings. The Morgan fingerprint density at radius 3 is 2.41 bits per heavy atom. The molecule has 4 saturated carbocycles. The minimum atomic E-state index is -0.597. The number of carbonyl (C=O) groups excluding carboxylic acids is 4. The molecule has 4 aliphatic carbocycles. The van der Waals surface area contributed by atoms with E-state index in [1.165, 1.54) is 0 Å². The van der Waals surface area contributed by atoms with Crippen molar-refractivity contribution in [2.75, 3.05) is 19.6 Å². The van der Waals surface area contributed by atoms with Crippen LogP contribution >= 0.6 is 0 Å². The van der Waals surface area contributed by atoms with Crippen LogP contribution in [0.2, 0.25) is 0 Å². The summed E-state index contributed by atoms with van der Waals surface area (Å²) in [6.07, 6.45) is 2.77. The molecule has 2 bridgehead atoms. The van der Waals surface area contributed by atoms with Crippen molar-refractivity contribution in [3.63, 3.8) is 0 Å². The summed E-state index contributed by atoms with van der Waals surface area (Å²) in [5.41, 5.74) is 11.3. The number of hydrogen-bond acceptors (Lipinski definition) is 8. The number of carbonyl (C=O) groups is 4. The van der Waals surface area contributed by atoms with E-state index in [1.54, 1.807) is 0 Å². The minimum absolute atomic E-state index is 0.0118. The van der Waals surface area contributed by atoms with Crippen molar-refractivity contribution in [3.8, 4) is 0 Å². The van der Waals surface area contributed by atoms with Crippen molar-refractivity contribution in [1.29, 1.82) is 0 Å². The van der Waals surface area contributed by atoms with Gasteiger partial charge in [0.1, 0.15) is 18.0 Å². The number of ketones is 1. The SMILES string of the molecule is CC[C@@H](CC(=O)O[C@@H]1CC(C)(C)C(N)[C@H](C)C23CCC(=O)C4(C2)C(C)C1(C)C43)C(=O)OC1CN(CC(N)=O)C1. The monoisotopic (exact) mass is 545 g/mol. The van der Waals surface area contributed by atoms with E-state index in [2.05, 4.69) is 34.6 Å². The molecule has 5 rings (SSSR count). The first kappa shape index (κ1) is 28.5. The number of nitrogens with two attached hydrogens (primary N) is 2. The Morgan fingerprint density at radius 2 is 1.79 bits per heavy atom. The molecule has 0 aromatic carbocycles. The second kappa shape index (κ2) is 9.26. The van der Waals surface area contributed by atoms with E-state index >= 15 is 0 Å². The van der Waals surface area contributed by atoms with E-state index in [1.807, 2.05) is 11.8 Å². The van der Waals surface area contributed by atoms with Crippen molar-refractivity contribution in [3.05, 3.63) is 0 Å². The fraction of sp³-hybridized carbons (Fsp3) is 0.867. The van der Waals surface area contributed by atoms with Crippen molar-refractivity contribution in [2.45, 2.75) is 98.3 Å². The molecule has 1 amide bonds. The molecule has 39 heavy (non-hydrogen) atoms. The number of likely N-dealkylation sites (tertiary alicyclic amines) is 1. The van der Waals surface area contributed by atoms with Gasteiger partial charge < -0.3 is 20.9 Å². The van der Waals surface area contributed by atoms with Crippen LogP contribution in [-0.2, 0) is 28.7 Å². The second-order valence-electron chi connectivity index (χ2n) is 14.4. The van der Waals surface area contributed by atoms with Crippen LogP contribution in [0.15, 0.2) is 0 Å². The molecule has 9 atom stereocenters. The highest BCUT2D eigenvalue weighted by atomic mass is 16.6. The fourth-order valence-electron chi connectivity index (χ4n) is 9.89. The molecule has 9 nitrogen and oxygen atoms in total. The Balaban J connectivity index is 1.30. The molecule has 1 saturated heterocycles. The standard InChI is InChI=1S/C30H47N3O6/c1-7-18(25(37)38-19-12-33(13-19)14-22(31)35)10-23(36)39-21-11-27(4,5)24(32)16(2)29-9-8-20(34)30(15-29)17(3)28(21,6)26(29)30/h16-19,21,24,26H,7-15,32H2,1-6H3,(H2,31,35)/t16-,17?,18-,21+,24?,26?,28?,29?,30?/m0/s1. The van der Waals surface area contributed by atoms with Gasteiger partial charge in [0, 0.05) is 36.4 Å². The van der Waals surface area contributed by atoms with Crippen LogP contribution in [0.4, 0.5) is 0 Å². The van der Waals surface area contributed by atoms with Gasteiger partial charge in [0.15, 0.2) is 0 Å². The van der Waals surface area contributed by atoms with Gasteiger partial charge in [-0.1, -0.05) is 41.5 Å². The zero-order chi connectivity index (χ0) is 28.7. The first-order valence-electron chi connectivity index (χ1n) is 14.8. The normalized spacial score (nSPS) is 43.4. The van der Waals surface area contributed by atoms with Gasteiger partial charge in [0.25, 0.3) is 0 Å². The number of hydrogen-bond donors (Lipinski definition) is 2. The Morgan fingerprint density at radius 1 is 1.13 bits per heavy atom. The first-order chi connectivity index (χ1) is 18.1. The molecular weight excluding hydrogens is 498 g/mol. The zero-order valence-electron chi connectivity index (χ0n) is 24.5. The number of amides is 1. The van der Waals surface area contributed by atoms with Crippen molar-refractivity contribution in [2.24, 2.45) is 56.8 Å². The van der Waals surface area contributed by atoms with Crippen LogP contribution in [0.3, 0.4) is 0 Å². The lowest BCUT2D eigenvalue weighted by molar-refractivity contribution is -0.373. The molecule has 4 N–H and O–H groups in total. The topological polar surface area (TPSA) is 142 Å². The Bertz CT molecular complexity index is 1070. The predicted octanol–water partition coefficient (Wildman–Crippen LogP) is 2.43. The molecule has 5 aliphatic rings. The predicted molar refractivity (Wildman–Crippen MR) is 144 cm³/mol. The lowest BCUT2D eigenvalue weighted by Gasteiger charge is -2.85. The van der Waals surface area contributed by atoms with E-state index in [4.69, 9.17) is 20.9 Å². The zero-order valence-corrected chi connectivity index (χ0v) is 24.5. The molecule has 1 aliphatic heterocycles. The summed E-state index contributed by atoms with van der Waals surface area (Å²) in [5, 5.41) is 0. The molecule has 0 aromatic heterocycles. The van der Waals surface area contributed by atoms with E-state index in [0.717, 1.165) is 12.8 Å². The van der Waals surface area contributed by atoms with Crippen LogP contribution in [0.1, 0.15) is 80.1 Å². The number of nitrogens with zero attached hydrogens (tertiary/aromatic N) is 1. The Labute approximate surface area is 232 Å². The van der Waals surface area contributed by atoms with Gasteiger partial charge in [-0.3, -0.25) is 24.1 Å². The average Bonchev–Trinajstić information content (AvgIpc) is 2.83. The highest BCUT2D eigenvalue weighted by Gasteiger charge is 2.87. The van der Waals surface area contributed by atoms with Gasteiger partial charge in [-0.05, 0) is 54.3 Å². The maximum atomic E-state index is 13.4. The van der Waals surface area contributed by atoms with Crippen LogP contribution in [-0.4, -0.2) is 66.4 Å². The third kappa shape index (κ3) is 3.92. The number of ether oxygens (including phenoxy) is 2. The highest BCUT2D eigenvalue weighted by molar-refractivity contribution is 5.91. The summed E-state index contributed by atoms with van der Waals surface area (Å²) in [5.74, 6) is -0.852. The average molecular weight is 546 g/mol. The largest absolute Gasteiger partial charge is 0.462 e. The van der Waals surface area contributed by atoms with Crippen LogP contribution in [0.25, 0.3) is 0 Å². The molecule has 218 valence electrons. The maximum absolute atomic E-state index is 13.4. The smallest absolute Gasteiger partial charge is 0.309 e. The molecule has 0 radical (unpaired) electrons. The van der Waals surface area contributed by atoms with E-state index < -0.39 is 23.8 Å². The fourth-order valence-corrected chi connectivity index (χ4v) is 9.89. The van der Waals surface area contributed by atoms with Gasteiger partial charge in [0.05, 0.1) is 18.9 Å². The van der Waals surface area contributed by atoms with Gasteiger partial charge in [0.2, 0.25) is 5.91 Å². The summed E-state index contributed by atoms with van der Waals surface area (Å²) < 4.78 is 11.9. The summed E-state index contributed by atoms with van der Waals surface area (Å²) in [7, 11) is 0. The summed E-state index contributed by atoms with van der Waals surface area (Å²) in [6, 6.07) is -0.0691. The van der Waals surface area contributed by atoms with Crippen molar-refractivity contribution >= 4 is 23.6 Å². The van der Waals surface area contributed by atoms with Gasteiger partial charge in [-0.2, -0.15) is 0 Å². The molecule has 6 unspecified atom stereocenters. The molecule has 9 heteroatoms. The van der Waals surface area contributed by atoms with Crippen LogP contribution < -0.4 is 11.5 Å². The van der Waals surface area contributed by atoms with Crippen molar-refractivity contribution < 1.29 is 28.7 Å². The van der Waals surface area contributed by atoms with Gasteiger partial charge in [-0.15, -0.1) is 0 Å². The van der Waals surface area contributed by atoms with Gasteiger partial charge >= 0.3 is 11.9 Å². The lowest BCUT2D eigenvalue weighted by Crippen LogP contribution is -2.86. The van der Waals surface area contributed by atoms with Crippen LogP contribution in [0.5, 0.6) is 0 Å². The Kier molecular flexibility index (Phi) is 6.78. The highest BCUT2D eigenvalue weighted by Crippen LogP contribution is 2.87. The summed E-state index contributed by atoms with van der Waals surface area (Å²) in [6.45, 7) is 14.0. The maximum Gasteiger partial charge on any atom is 0.309 e. The van der Waals surface area contributed by atoms with E-state index in [-0.39, 0.29) is 70.6 Å². The van der Waals surface area contributed by atoms with Crippen molar-refractivity contribution in [1.82, 2.24) is 4.90 Å². The lowest BCUT2D eigenvalue weighted by atomic mass is 9.17.